The molecule has 0 aliphatic heterocycles. The minimum absolute atomic E-state index is 0.160. The Balaban J connectivity index is 1.82. The third-order valence-corrected chi connectivity index (χ3v) is 3.86. The van der Waals surface area contributed by atoms with E-state index >= 15 is 0 Å². The zero-order valence-corrected chi connectivity index (χ0v) is 12.9. The molecule has 1 N–H and O–H groups in total. The average molecular weight is 318 g/mol. The molecule has 5 heteroatoms. The molecule has 4 aromatic rings. The van der Waals surface area contributed by atoms with E-state index in [0.29, 0.717) is 22.5 Å². The van der Waals surface area contributed by atoms with Crippen LogP contribution in [0.1, 0.15) is 0 Å². The third kappa shape index (κ3) is 2.46. The van der Waals surface area contributed by atoms with Crippen molar-refractivity contribution in [2.24, 2.45) is 0 Å². The lowest BCUT2D eigenvalue weighted by Gasteiger charge is -2.08. The van der Waals surface area contributed by atoms with Crippen LogP contribution in [0, 0.1) is 0 Å². The van der Waals surface area contributed by atoms with Crippen LogP contribution in [-0.2, 0) is 0 Å². The summed E-state index contributed by atoms with van der Waals surface area (Å²) in [5, 5.41) is 2.30. The van der Waals surface area contributed by atoms with Crippen molar-refractivity contribution in [3.05, 3.63) is 71.1 Å². The number of pyridine rings is 2. The SMILES string of the molecule is COc1ccc(Oc2ccc3c(=O)[nH]c4ncccc4c3c2)cc1. The van der Waals surface area contributed by atoms with Gasteiger partial charge in [-0.15, -0.1) is 0 Å². The molecule has 0 fully saturated rings. The standard InChI is InChI=1S/C19H14N2O3/c1-23-12-4-6-13(7-5-12)24-14-8-9-16-17(11-14)15-3-2-10-20-18(15)21-19(16)22/h2-11H,1H3,(H,20,21,22). The molecule has 0 aliphatic rings. The number of H-pyrrole nitrogens is 1. The maximum absolute atomic E-state index is 12.2. The maximum atomic E-state index is 12.2. The summed E-state index contributed by atoms with van der Waals surface area (Å²) in [7, 11) is 1.62. The second-order valence-electron chi connectivity index (χ2n) is 5.34. The number of ether oxygens (including phenoxy) is 2. The first-order valence-electron chi connectivity index (χ1n) is 7.47. The lowest BCUT2D eigenvalue weighted by molar-refractivity contribution is 0.413. The maximum Gasteiger partial charge on any atom is 0.257 e. The molecule has 0 atom stereocenters. The third-order valence-electron chi connectivity index (χ3n) is 3.86. The van der Waals surface area contributed by atoms with E-state index in [1.54, 1.807) is 25.4 Å². The van der Waals surface area contributed by atoms with Crippen molar-refractivity contribution in [3.8, 4) is 17.2 Å². The highest BCUT2D eigenvalue weighted by Gasteiger charge is 2.07. The molecule has 2 aromatic carbocycles. The Kier molecular flexibility index (Phi) is 3.39. The molecule has 2 aromatic heterocycles. The molecular weight excluding hydrogens is 304 g/mol. The fraction of sp³-hybridized carbons (Fsp3) is 0.0526. The Morgan fingerprint density at radius 3 is 2.42 bits per heavy atom. The van der Waals surface area contributed by atoms with Crippen LogP contribution < -0.4 is 15.0 Å². The Labute approximate surface area is 137 Å². The van der Waals surface area contributed by atoms with E-state index in [1.807, 2.05) is 42.5 Å². The van der Waals surface area contributed by atoms with Gasteiger partial charge in [0.15, 0.2) is 0 Å². The molecule has 0 spiro atoms. The van der Waals surface area contributed by atoms with Crippen LogP contribution in [-0.4, -0.2) is 17.1 Å². The Morgan fingerprint density at radius 1 is 0.875 bits per heavy atom. The molecule has 5 nitrogen and oxygen atoms in total. The van der Waals surface area contributed by atoms with Gasteiger partial charge in [0.25, 0.3) is 5.56 Å². The number of rotatable bonds is 3. The van der Waals surface area contributed by atoms with E-state index in [2.05, 4.69) is 9.97 Å². The summed E-state index contributed by atoms with van der Waals surface area (Å²) in [6, 6.07) is 16.5. The topological polar surface area (TPSA) is 64.2 Å². The largest absolute Gasteiger partial charge is 0.497 e. The number of benzene rings is 2. The van der Waals surface area contributed by atoms with Crippen molar-refractivity contribution in [2.75, 3.05) is 7.11 Å². The predicted molar refractivity (Wildman–Crippen MR) is 92.9 cm³/mol. The van der Waals surface area contributed by atoms with Crippen molar-refractivity contribution in [1.29, 1.82) is 0 Å². The highest BCUT2D eigenvalue weighted by Crippen LogP contribution is 2.28. The van der Waals surface area contributed by atoms with Crippen LogP contribution in [0.25, 0.3) is 21.8 Å². The lowest BCUT2D eigenvalue weighted by atomic mass is 10.1. The Bertz CT molecular complexity index is 1090. The molecule has 4 rings (SSSR count). The summed E-state index contributed by atoms with van der Waals surface area (Å²) in [5.41, 5.74) is 0.406. The second kappa shape index (κ2) is 5.70. The van der Waals surface area contributed by atoms with Gasteiger partial charge >= 0.3 is 0 Å². The van der Waals surface area contributed by atoms with Crippen LogP contribution in [0.5, 0.6) is 17.2 Å². The summed E-state index contributed by atoms with van der Waals surface area (Å²) in [5.74, 6) is 2.12. The molecule has 24 heavy (non-hydrogen) atoms. The van der Waals surface area contributed by atoms with Gasteiger partial charge in [-0.2, -0.15) is 0 Å². The lowest BCUT2D eigenvalue weighted by Crippen LogP contribution is -2.07. The van der Waals surface area contributed by atoms with Gasteiger partial charge in [-0.3, -0.25) is 4.79 Å². The van der Waals surface area contributed by atoms with E-state index in [0.717, 1.165) is 16.5 Å². The summed E-state index contributed by atoms with van der Waals surface area (Å²) in [4.78, 5) is 19.2. The second-order valence-corrected chi connectivity index (χ2v) is 5.34. The molecule has 0 radical (unpaired) electrons. The average Bonchev–Trinajstić information content (AvgIpc) is 2.62. The first kappa shape index (κ1) is 14.3. The van der Waals surface area contributed by atoms with Crippen molar-refractivity contribution >= 4 is 21.8 Å². The summed E-state index contributed by atoms with van der Waals surface area (Å²) in [6.45, 7) is 0. The summed E-state index contributed by atoms with van der Waals surface area (Å²) < 4.78 is 11.0. The molecule has 0 amide bonds. The summed E-state index contributed by atoms with van der Waals surface area (Å²) >= 11 is 0. The Morgan fingerprint density at radius 2 is 1.62 bits per heavy atom. The van der Waals surface area contributed by atoms with Gasteiger partial charge in [-0.1, -0.05) is 0 Å². The van der Waals surface area contributed by atoms with Crippen LogP contribution in [0.15, 0.2) is 65.6 Å². The van der Waals surface area contributed by atoms with E-state index in [4.69, 9.17) is 9.47 Å². The van der Waals surface area contributed by atoms with Crippen molar-refractivity contribution in [1.82, 2.24) is 9.97 Å². The minimum Gasteiger partial charge on any atom is -0.497 e. The fourth-order valence-corrected chi connectivity index (χ4v) is 2.68. The number of nitrogens with zero attached hydrogens (tertiary/aromatic N) is 1. The molecule has 0 bridgehead atoms. The molecule has 2 heterocycles. The zero-order valence-electron chi connectivity index (χ0n) is 12.9. The van der Waals surface area contributed by atoms with Crippen molar-refractivity contribution < 1.29 is 9.47 Å². The number of aromatic amines is 1. The molecule has 0 unspecified atom stereocenters. The van der Waals surface area contributed by atoms with Gasteiger partial charge in [-0.25, -0.2) is 4.98 Å². The van der Waals surface area contributed by atoms with Gasteiger partial charge in [0.05, 0.1) is 7.11 Å². The van der Waals surface area contributed by atoms with Crippen molar-refractivity contribution in [2.45, 2.75) is 0 Å². The monoisotopic (exact) mass is 318 g/mol. The van der Waals surface area contributed by atoms with Gasteiger partial charge < -0.3 is 14.5 Å². The molecule has 0 saturated heterocycles. The number of hydrogen-bond acceptors (Lipinski definition) is 4. The highest BCUT2D eigenvalue weighted by molar-refractivity contribution is 6.04. The normalized spacial score (nSPS) is 10.9. The zero-order chi connectivity index (χ0) is 16.5. The predicted octanol–water partition coefficient (Wildman–Crippen LogP) is 3.88. The van der Waals surface area contributed by atoms with Crippen molar-refractivity contribution in [3.63, 3.8) is 0 Å². The first-order valence-corrected chi connectivity index (χ1v) is 7.47. The quantitative estimate of drug-likeness (QED) is 0.582. The smallest absolute Gasteiger partial charge is 0.257 e. The first-order chi connectivity index (χ1) is 11.7. The molecule has 118 valence electrons. The van der Waals surface area contributed by atoms with E-state index in [1.165, 1.54) is 0 Å². The number of hydrogen-bond donors (Lipinski definition) is 1. The van der Waals surface area contributed by atoms with Crippen LogP contribution in [0.2, 0.25) is 0 Å². The van der Waals surface area contributed by atoms with Gasteiger partial charge in [0.2, 0.25) is 0 Å². The van der Waals surface area contributed by atoms with E-state index < -0.39 is 0 Å². The number of fused-ring (bicyclic) bond motifs is 3. The van der Waals surface area contributed by atoms with Gasteiger partial charge in [0.1, 0.15) is 22.9 Å². The van der Waals surface area contributed by atoms with E-state index in [9.17, 15) is 4.79 Å². The number of nitrogens with one attached hydrogen (secondary N) is 1. The number of aromatic nitrogens is 2. The summed E-state index contributed by atoms with van der Waals surface area (Å²) in [6.07, 6.45) is 1.65. The molecular formula is C19H14N2O3. The highest BCUT2D eigenvalue weighted by atomic mass is 16.5. The van der Waals surface area contributed by atoms with E-state index in [-0.39, 0.29) is 5.56 Å². The fourth-order valence-electron chi connectivity index (χ4n) is 2.68. The molecule has 0 aliphatic carbocycles. The van der Waals surface area contributed by atoms with Crippen LogP contribution in [0.3, 0.4) is 0 Å². The molecule has 0 saturated carbocycles. The number of methoxy groups -OCH3 is 1. The minimum atomic E-state index is -0.160. The Hall–Kier alpha value is -3.34. The van der Waals surface area contributed by atoms with Gasteiger partial charge in [0, 0.05) is 22.4 Å². The van der Waals surface area contributed by atoms with Gasteiger partial charge in [-0.05, 0) is 54.6 Å². The van der Waals surface area contributed by atoms with Crippen LogP contribution >= 0.6 is 0 Å². The van der Waals surface area contributed by atoms with Crippen LogP contribution in [0.4, 0.5) is 0 Å².